The van der Waals surface area contributed by atoms with E-state index < -0.39 is 0 Å². The van der Waals surface area contributed by atoms with E-state index in [0.29, 0.717) is 11.9 Å². The van der Waals surface area contributed by atoms with E-state index in [2.05, 4.69) is 11.7 Å². The molecule has 0 aliphatic carbocycles. The van der Waals surface area contributed by atoms with Gasteiger partial charge in [0.05, 0.1) is 24.6 Å². The molecule has 2 aromatic rings. The number of fused-ring (bicyclic) bond motifs is 1. The van der Waals surface area contributed by atoms with Crippen molar-refractivity contribution in [1.82, 2.24) is 9.78 Å². The first-order chi connectivity index (χ1) is 7.26. The largest absolute Gasteiger partial charge is 0.497 e. The lowest BCUT2D eigenvalue weighted by atomic mass is 10.2. The van der Waals surface area contributed by atoms with Crippen molar-refractivity contribution in [2.45, 2.75) is 6.54 Å². The fourth-order valence-electron chi connectivity index (χ4n) is 1.53. The van der Waals surface area contributed by atoms with Gasteiger partial charge in [0.2, 0.25) is 0 Å². The number of nitrogens with one attached hydrogen (secondary N) is 1. The molecule has 0 spiro atoms. The summed E-state index contributed by atoms with van der Waals surface area (Å²) in [5.74, 6) is 0.731. The van der Waals surface area contributed by atoms with Crippen LogP contribution in [0.25, 0.3) is 10.9 Å². The molecule has 0 radical (unpaired) electrons. The number of ether oxygens (including phenoxy) is 1. The van der Waals surface area contributed by atoms with Crippen molar-refractivity contribution >= 4 is 10.9 Å². The van der Waals surface area contributed by atoms with E-state index in [9.17, 15) is 4.79 Å². The van der Waals surface area contributed by atoms with Crippen molar-refractivity contribution in [2.75, 3.05) is 7.11 Å². The fourth-order valence-corrected chi connectivity index (χ4v) is 1.53. The number of benzene rings is 1. The standard InChI is InChI=1S/C11H12N2O2/c1-3-6-13-11(14)9-5-4-8(15-2)7-10(9)12-13/h3-5,7,12H,1,6H2,2H3. The van der Waals surface area contributed by atoms with Crippen LogP contribution < -0.4 is 10.3 Å². The van der Waals surface area contributed by atoms with Crippen LogP contribution in [-0.4, -0.2) is 16.9 Å². The van der Waals surface area contributed by atoms with Gasteiger partial charge in [0.15, 0.2) is 0 Å². The van der Waals surface area contributed by atoms with Crippen LogP contribution in [0.5, 0.6) is 5.75 Å². The van der Waals surface area contributed by atoms with Crippen LogP contribution in [0, 0.1) is 0 Å². The van der Waals surface area contributed by atoms with E-state index in [1.54, 1.807) is 31.4 Å². The van der Waals surface area contributed by atoms with Crippen molar-refractivity contribution in [3.8, 4) is 5.75 Å². The number of rotatable bonds is 3. The lowest BCUT2D eigenvalue weighted by molar-refractivity contribution is 0.415. The lowest BCUT2D eigenvalue weighted by Gasteiger charge is -1.97. The van der Waals surface area contributed by atoms with Gasteiger partial charge >= 0.3 is 0 Å². The first-order valence-electron chi connectivity index (χ1n) is 4.63. The van der Waals surface area contributed by atoms with Crippen molar-refractivity contribution in [1.29, 1.82) is 0 Å². The van der Waals surface area contributed by atoms with E-state index in [-0.39, 0.29) is 5.56 Å². The zero-order valence-corrected chi connectivity index (χ0v) is 8.49. The van der Waals surface area contributed by atoms with Crippen molar-refractivity contribution in [3.05, 3.63) is 41.2 Å². The summed E-state index contributed by atoms with van der Waals surface area (Å²) in [5.41, 5.74) is 0.744. The molecule has 1 aromatic carbocycles. The molecule has 1 aromatic heterocycles. The van der Waals surface area contributed by atoms with Gasteiger partial charge in [-0.2, -0.15) is 0 Å². The Labute approximate surface area is 86.8 Å². The van der Waals surface area contributed by atoms with Gasteiger partial charge in [0, 0.05) is 6.07 Å². The Balaban J connectivity index is 2.65. The molecule has 0 atom stereocenters. The molecule has 0 aliphatic rings. The molecule has 0 aliphatic heterocycles. The van der Waals surface area contributed by atoms with Crippen LogP contribution in [0.4, 0.5) is 0 Å². The summed E-state index contributed by atoms with van der Waals surface area (Å²) in [5, 5.41) is 3.66. The zero-order valence-electron chi connectivity index (χ0n) is 8.49. The minimum atomic E-state index is -0.0347. The minimum absolute atomic E-state index is 0.0347. The van der Waals surface area contributed by atoms with Crippen molar-refractivity contribution in [2.24, 2.45) is 0 Å². The van der Waals surface area contributed by atoms with Crippen molar-refractivity contribution < 1.29 is 4.74 Å². The lowest BCUT2D eigenvalue weighted by Crippen LogP contribution is -2.15. The van der Waals surface area contributed by atoms with Crippen LogP contribution in [-0.2, 0) is 6.54 Å². The molecule has 0 saturated heterocycles. The van der Waals surface area contributed by atoms with Gasteiger partial charge in [-0.15, -0.1) is 6.58 Å². The Bertz CT molecular complexity index is 551. The molecule has 4 heteroatoms. The molecule has 78 valence electrons. The highest BCUT2D eigenvalue weighted by atomic mass is 16.5. The Kier molecular flexibility index (Phi) is 2.33. The highest BCUT2D eigenvalue weighted by molar-refractivity contribution is 5.79. The van der Waals surface area contributed by atoms with Gasteiger partial charge < -0.3 is 4.74 Å². The SMILES string of the molecule is C=CCn1[nH]c2cc(OC)ccc2c1=O. The number of aromatic nitrogens is 2. The maximum atomic E-state index is 11.8. The van der Waals surface area contributed by atoms with Crippen LogP contribution in [0.2, 0.25) is 0 Å². The highest BCUT2D eigenvalue weighted by Gasteiger charge is 2.05. The van der Waals surface area contributed by atoms with E-state index in [4.69, 9.17) is 4.74 Å². The number of aromatic amines is 1. The summed E-state index contributed by atoms with van der Waals surface area (Å²) in [7, 11) is 1.60. The third-order valence-corrected chi connectivity index (χ3v) is 2.27. The fraction of sp³-hybridized carbons (Fsp3) is 0.182. The first kappa shape index (κ1) is 9.58. The number of nitrogens with zero attached hydrogens (tertiary/aromatic N) is 1. The number of hydrogen-bond donors (Lipinski definition) is 1. The van der Waals surface area contributed by atoms with E-state index in [1.807, 2.05) is 0 Å². The molecule has 0 bridgehead atoms. The van der Waals surface area contributed by atoms with Crippen molar-refractivity contribution in [3.63, 3.8) is 0 Å². The summed E-state index contributed by atoms with van der Waals surface area (Å²) in [6.45, 7) is 4.08. The van der Waals surface area contributed by atoms with Gasteiger partial charge in [-0.3, -0.25) is 9.89 Å². The highest BCUT2D eigenvalue weighted by Crippen LogP contribution is 2.16. The summed E-state index contributed by atoms with van der Waals surface area (Å²) in [6.07, 6.45) is 1.67. The van der Waals surface area contributed by atoms with E-state index >= 15 is 0 Å². The average molecular weight is 204 g/mol. The molecule has 0 fully saturated rings. The smallest absolute Gasteiger partial charge is 0.274 e. The minimum Gasteiger partial charge on any atom is -0.497 e. The quantitative estimate of drug-likeness (QED) is 0.770. The zero-order chi connectivity index (χ0) is 10.8. The van der Waals surface area contributed by atoms with Gasteiger partial charge in [-0.05, 0) is 12.1 Å². The molecule has 2 rings (SSSR count). The average Bonchev–Trinajstić information content (AvgIpc) is 2.56. The van der Waals surface area contributed by atoms with Crippen LogP contribution >= 0.6 is 0 Å². The molecule has 1 N–H and O–H groups in total. The van der Waals surface area contributed by atoms with Gasteiger partial charge in [-0.1, -0.05) is 6.08 Å². The summed E-state index contributed by atoms with van der Waals surface area (Å²) in [4.78, 5) is 11.8. The topological polar surface area (TPSA) is 47.0 Å². The Morgan fingerprint density at radius 2 is 2.40 bits per heavy atom. The maximum Gasteiger partial charge on any atom is 0.274 e. The molecular weight excluding hydrogens is 192 g/mol. The van der Waals surface area contributed by atoms with Gasteiger partial charge in [0.1, 0.15) is 5.75 Å². The Morgan fingerprint density at radius 1 is 1.60 bits per heavy atom. The summed E-state index contributed by atoms with van der Waals surface area (Å²) in [6, 6.07) is 5.33. The molecule has 0 unspecified atom stereocenters. The normalized spacial score (nSPS) is 10.5. The third-order valence-electron chi connectivity index (χ3n) is 2.27. The van der Waals surface area contributed by atoms with Crippen LogP contribution in [0.15, 0.2) is 35.6 Å². The maximum absolute atomic E-state index is 11.8. The monoisotopic (exact) mass is 204 g/mol. The Morgan fingerprint density at radius 3 is 3.07 bits per heavy atom. The molecule has 4 nitrogen and oxygen atoms in total. The third kappa shape index (κ3) is 1.54. The van der Waals surface area contributed by atoms with Crippen LogP contribution in [0.3, 0.4) is 0 Å². The number of H-pyrrole nitrogens is 1. The number of methoxy groups -OCH3 is 1. The second-order valence-electron chi connectivity index (χ2n) is 3.23. The second-order valence-corrected chi connectivity index (χ2v) is 3.23. The molecule has 15 heavy (non-hydrogen) atoms. The summed E-state index contributed by atoms with van der Waals surface area (Å²) >= 11 is 0. The number of allylic oxidation sites excluding steroid dienone is 1. The molecule has 0 amide bonds. The predicted octanol–water partition coefficient (Wildman–Crippen LogP) is 1.52. The Hall–Kier alpha value is -1.97. The van der Waals surface area contributed by atoms with E-state index in [0.717, 1.165) is 11.3 Å². The van der Waals surface area contributed by atoms with Crippen LogP contribution in [0.1, 0.15) is 0 Å². The predicted molar refractivity (Wildman–Crippen MR) is 59.3 cm³/mol. The van der Waals surface area contributed by atoms with Gasteiger partial charge in [-0.25, -0.2) is 4.68 Å². The number of hydrogen-bond acceptors (Lipinski definition) is 2. The molecule has 0 saturated carbocycles. The first-order valence-corrected chi connectivity index (χ1v) is 4.63. The van der Waals surface area contributed by atoms with Gasteiger partial charge in [0.25, 0.3) is 5.56 Å². The van der Waals surface area contributed by atoms with E-state index in [1.165, 1.54) is 4.68 Å². The second kappa shape index (κ2) is 3.65. The molecule has 1 heterocycles. The molecular formula is C11H12N2O2. The summed E-state index contributed by atoms with van der Waals surface area (Å²) < 4.78 is 6.59.